The van der Waals surface area contributed by atoms with Crippen LogP contribution in [0.1, 0.15) is 5.56 Å². The van der Waals surface area contributed by atoms with Crippen molar-refractivity contribution in [3.05, 3.63) is 77.5 Å². The van der Waals surface area contributed by atoms with Crippen LogP contribution in [0.3, 0.4) is 0 Å². The van der Waals surface area contributed by atoms with Gasteiger partial charge >= 0.3 is 0 Å². The minimum absolute atomic E-state index is 0.102. The molecule has 0 aliphatic carbocycles. The first-order valence-corrected chi connectivity index (χ1v) is 7.89. The highest BCUT2D eigenvalue weighted by Crippen LogP contribution is 2.25. The lowest BCUT2D eigenvalue weighted by Gasteiger charge is -2.09. The molecule has 112 valence electrons. The summed E-state index contributed by atoms with van der Waals surface area (Å²) < 4.78 is 2.58. The van der Waals surface area contributed by atoms with Gasteiger partial charge in [-0.1, -0.05) is 52.4 Å². The highest BCUT2D eigenvalue weighted by Gasteiger charge is 2.23. The fourth-order valence-electron chi connectivity index (χ4n) is 1.92. The third-order valence-corrected chi connectivity index (χ3v) is 3.98. The van der Waals surface area contributed by atoms with Gasteiger partial charge in [-0.2, -0.15) is 4.57 Å². The molecule has 2 N–H and O–H groups in total. The monoisotopic (exact) mass is 375 g/mol. The van der Waals surface area contributed by atoms with Gasteiger partial charge in [-0.3, -0.25) is 0 Å². The van der Waals surface area contributed by atoms with Crippen molar-refractivity contribution in [3.8, 4) is 0 Å². The maximum Gasteiger partial charge on any atom is 0.288 e. The number of hydrogen-bond acceptors (Lipinski definition) is 2. The largest absolute Gasteiger partial charge is 0.502 e. The summed E-state index contributed by atoms with van der Waals surface area (Å²) in [6.45, 7) is 4.19. The topological polar surface area (TPSA) is 36.1 Å². The second kappa shape index (κ2) is 7.87. The maximum atomic E-state index is 10.8. The van der Waals surface area contributed by atoms with Crippen molar-refractivity contribution in [3.63, 3.8) is 0 Å². The average molecular weight is 376 g/mol. The molecule has 0 saturated heterocycles. The Hall–Kier alpha value is -1.98. The third-order valence-electron chi connectivity index (χ3n) is 2.95. The van der Waals surface area contributed by atoms with Crippen LogP contribution in [-0.4, -0.2) is 16.6 Å². The molecule has 3 nitrogen and oxygen atoms in total. The smallest absolute Gasteiger partial charge is 0.288 e. The second-order valence-corrected chi connectivity index (χ2v) is 5.72. The molecule has 1 heterocycles. The summed E-state index contributed by atoms with van der Waals surface area (Å²) in [5.74, 6) is 0.102. The summed E-state index contributed by atoms with van der Waals surface area (Å²) in [7, 11) is 0. The molecule has 0 aliphatic rings. The zero-order valence-electron chi connectivity index (χ0n) is 11.9. The molecule has 1 aromatic carbocycles. The zero-order chi connectivity index (χ0) is 15.9. The van der Waals surface area contributed by atoms with Crippen molar-refractivity contribution in [1.29, 1.82) is 0 Å². The van der Waals surface area contributed by atoms with Gasteiger partial charge in [-0.15, -0.1) is 6.58 Å². The highest BCUT2D eigenvalue weighted by atomic mass is 79.9. The van der Waals surface area contributed by atoms with E-state index in [2.05, 4.69) is 27.8 Å². The molecule has 0 fully saturated rings. The van der Waals surface area contributed by atoms with Crippen LogP contribution in [-0.2, 0) is 0 Å². The Morgan fingerprint density at radius 3 is 2.55 bits per heavy atom. The Kier molecular flexibility index (Phi) is 5.86. The number of rotatable bonds is 5. The van der Waals surface area contributed by atoms with Crippen LogP contribution in [0.4, 0.5) is 0 Å². The lowest BCUT2D eigenvalue weighted by Crippen LogP contribution is -2.40. The van der Waals surface area contributed by atoms with Crippen LogP contribution >= 0.6 is 28.1 Å². The van der Waals surface area contributed by atoms with Gasteiger partial charge in [0.2, 0.25) is 0 Å². The Morgan fingerprint density at radius 1 is 1.23 bits per heavy atom. The van der Waals surface area contributed by atoms with Crippen molar-refractivity contribution in [1.82, 2.24) is 5.32 Å². The van der Waals surface area contributed by atoms with E-state index >= 15 is 0 Å². The van der Waals surface area contributed by atoms with E-state index in [0.717, 1.165) is 4.47 Å². The molecule has 0 aliphatic heterocycles. The first-order chi connectivity index (χ1) is 10.6. The number of pyridine rings is 1. The number of aliphatic hydroxyl groups is 1. The molecule has 0 atom stereocenters. The summed E-state index contributed by atoms with van der Waals surface area (Å²) in [5, 5.41) is 13.8. The van der Waals surface area contributed by atoms with Gasteiger partial charge in [0, 0.05) is 28.7 Å². The molecular formula is C17H16BrN2OS+. The molecule has 5 heteroatoms. The fourth-order valence-corrected chi connectivity index (χ4v) is 2.68. The van der Waals surface area contributed by atoms with Gasteiger partial charge in [0.25, 0.3) is 5.70 Å². The van der Waals surface area contributed by atoms with Crippen LogP contribution in [0, 0.1) is 0 Å². The van der Waals surface area contributed by atoms with E-state index in [1.165, 1.54) is 0 Å². The molecular weight excluding hydrogens is 360 g/mol. The van der Waals surface area contributed by atoms with Gasteiger partial charge in [0.05, 0.1) is 0 Å². The standard InChI is InChI=1S/C17H15BrN2OS/c1-2-10-19-17(22)15(20-11-6-3-7-12-20)16(21)13-8-4-5-9-14(13)18/h2-9,11-12H,1,10H2,(H-,19,21,22)/p+1. The maximum absolute atomic E-state index is 10.8. The number of benzene rings is 1. The Balaban J connectivity index is 2.57. The van der Waals surface area contributed by atoms with E-state index in [0.29, 0.717) is 22.8 Å². The lowest BCUT2D eigenvalue weighted by molar-refractivity contribution is -0.576. The Labute approximate surface area is 143 Å². The summed E-state index contributed by atoms with van der Waals surface area (Å²) in [6.07, 6.45) is 5.39. The number of thiocarbonyl (C=S) groups is 1. The molecule has 1 aromatic heterocycles. The minimum Gasteiger partial charge on any atom is -0.502 e. The first kappa shape index (κ1) is 16.4. The van der Waals surface area contributed by atoms with Crippen LogP contribution in [0.2, 0.25) is 0 Å². The van der Waals surface area contributed by atoms with Crippen LogP contribution in [0.15, 0.2) is 72.0 Å². The SMILES string of the molecule is C=CCNC(=S)/C(=C(\O)c1ccccc1Br)[n+]1ccccc1. The predicted octanol–water partition coefficient (Wildman–Crippen LogP) is 3.72. The summed E-state index contributed by atoms with van der Waals surface area (Å²) >= 11 is 8.89. The molecule has 22 heavy (non-hydrogen) atoms. The van der Waals surface area contributed by atoms with Crippen LogP contribution in [0.5, 0.6) is 0 Å². The Morgan fingerprint density at radius 2 is 1.91 bits per heavy atom. The predicted molar refractivity (Wildman–Crippen MR) is 97.3 cm³/mol. The molecule has 0 radical (unpaired) electrons. The number of aromatic nitrogens is 1. The van der Waals surface area contributed by atoms with Crippen LogP contribution < -0.4 is 9.88 Å². The van der Waals surface area contributed by atoms with Gasteiger partial charge in [0.15, 0.2) is 23.1 Å². The van der Waals surface area contributed by atoms with Gasteiger partial charge in [-0.05, 0) is 12.1 Å². The fraction of sp³-hybridized carbons (Fsp3) is 0.0588. The summed E-state index contributed by atoms with van der Waals surface area (Å²) in [4.78, 5) is 0.448. The molecule has 0 bridgehead atoms. The van der Waals surface area contributed by atoms with Gasteiger partial charge in [-0.25, -0.2) is 0 Å². The van der Waals surface area contributed by atoms with E-state index < -0.39 is 0 Å². The Bertz CT molecular complexity index is 714. The van der Waals surface area contributed by atoms with Gasteiger partial charge in [0.1, 0.15) is 0 Å². The highest BCUT2D eigenvalue weighted by molar-refractivity contribution is 9.10. The normalized spacial score (nSPS) is 11.5. The van der Waals surface area contributed by atoms with Crippen molar-refractivity contribution < 1.29 is 9.67 Å². The lowest BCUT2D eigenvalue weighted by atomic mass is 10.1. The third kappa shape index (κ3) is 3.81. The molecule has 2 aromatic rings. The number of nitrogens with one attached hydrogen (secondary N) is 1. The summed E-state index contributed by atoms with van der Waals surface area (Å²) in [6, 6.07) is 13.1. The molecule has 0 amide bonds. The second-order valence-electron chi connectivity index (χ2n) is 4.46. The van der Waals surface area contributed by atoms with Gasteiger partial charge < -0.3 is 10.4 Å². The number of hydrogen-bond donors (Lipinski definition) is 2. The zero-order valence-corrected chi connectivity index (χ0v) is 14.3. The minimum atomic E-state index is 0.102. The molecule has 0 spiro atoms. The number of nitrogens with zero attached hydrogens (tertiary/aromatic N) is 1. The van der Waals surface area contributed by atoms with E-state index in [1.807, 2.05) is 54.9 Å². The van der Waals surface area contributed by atoms with E-state index in [-0.39, 0.29) is 5.76 Å². The molecule has 0 unspecified atom stereocenters. The van der Waals surface area contributed by atoms with E-state index in [9.17, 15) is 5.11 Å². The first-order valence-electron chi connectivity index (χ1n) is 6.69. The molecule has 0 saturated carbocycles. The van der Waals surface area contributed by atoms with Crippen molar-refractivity contribution in [2.75, 3.05) is 6.54 Å². The van der Waals surface area contributed by atoms with Crippen molar-refractivity contribution >= 4 is 44.6 Å². The number of aliphatic hydroxyl groups excluding tert-OH is 1. The molecule has 2 rings (SSSR count). The van der Waals surface area contributed by atoms with E-state index in [4.69, 9.17) is 12.2 Å². The summed E-state index contributed by atoms with van der Waals surface area (Å²) in [5.41, 5.74) is 1.20. The average Bonchev–Trinajstić information content (AvgIpc) is 2.54. The van der Waals surface area contributed by atoms with Crippen LogP contribution in [0.25, 0.3) is 11.5 Å². The van der Waals surface area contributed by atoms with Crippen molar-refractivity contribution in [2.24, 2.45) is 0 Å². The number of halogens is 1. The van der Waals surface area contributed by atoms with E-state index in [1.54, 1.807) is 10.6 Å². The van der Waals surface area contributed by atoms with Crippen molar-refractivity contribution in [2.45, 2.75) is 0 Å². The quantitative estimate of drug-likeness (QED) is 0.275.